The van der Waals surface area contributed by atoms with Crippen molar-refractivity contribution in [2.75, 3.05) is 23.3 Å². The Kier molecular flexibility index (Phi) is 5.76. The summed E-state index contributed by atoms with van der Waals surface area (Å²) in [6.07, 6.45) is 4.56. The smallest absolute Gasteiger partial charge is 0.217 e. The number of amides is 1. The Hall–Kier alpha value is -4.04. The summed E-state index contributed by atoms with van der Waals surface area (Å²) < 4.78 is 1.79. The van der Waals surface area contributed by atoms with E-state index in [1.165, 1.54) is 0 Å². The number of nitriles is 1. The first-order valence-electron chi connectivity index (χ1n) is 12.4. The van der Waals surface area contributed by atoms with Gasteiger partial charge in [0.15, 0.2) is 5.01 Å². The third-order valence-electron chi connectivity index (χ3n) is 7.06. The number of hydrogen-bond acceptors (Lipinski definition) is 9. The van der Waals surface area contributed by atoms with Crippen LogP contribution in [0.2, 0.25) is 0 Å². The van der Waals surface area contributed by atoms with Gasteiger partial charge >= 0.3 is 0 Å². The van der Waals surface area contributed by atoms with Gasteiger partial charge in [-0.05, 0) is 56.4 Å². The molecule has 6 heterocycles. The second-order valence-electron chi connectivity index (χ2n) is 10.1. The van der Waals surface area contributed by atoms with Crippen LogP contribution in [0.3, 0.4) is 0 Å². The first-order valence-corrected chi connectivity index (χ1v) is 13.2. The lowest BCUT2D eigenvalue weighted by Gasteiger charge is -2.53. The SMILES string of the molecule is CC(=O)N[C@H]1[C@@H]2C[C@H]1CN(c1nnc(-c3cnc(-c4ccc5cc(C#N)cnn45)cc3NC(C)C)s1)C2. The maximum absolute atomic E-state index is 11.5. The third kappa shape index (κ3) is 4.27. The van der Waals surface area contributed by atoms with Crippen molar-refractivity contribution >= 4 is 33.6 Å². The topological polar surface area (TPSA) is 124 Å². The molecule has 1 saturated carbocycles. The number of piperidine rings is 2. The fourth-order valence-corrected chi connectivity index (χ4v) is 6.30. The summed E-state index contributed by atoms with van der Waals surface area (Å²) in [4.78, 5) is 18.6. The van der Waals surface area contributed by atoms with Gasteiger partial charge in [0.2, 0.25) is 11.0 Å². The van der Waals surface area contributed by atoms with Crippen LogP contribution < -0.4 is 15.5 Å². The monoisotopic (exact) mass is 513 g/mol. The molecular formula is C26H27N9OS. The number of hydrogen-bond donors (Lipinski definition) is 2. The molecule has 11 heteroatoms. The fourth-order valence-electron chi connectivity index (χ4n) is 5.42. The zero-order chi connectivity index (χ0) is 25.7. The molecule has 4 aromatic heterocycles. The van der Waals surface area contributed by atoms with Gasteiger partial charge < -0.3 is 15.5 Å². The molecule has 3 atom stereocenters. The van der Waals surface area contributed by atoms with Crippen LogP contribution in [-0.4, -0.2) is 55.9 Å². The molecule has 0 unspecified atom stereocenters. The largest absolute Gasteiger partial charge is 0.382 e. The Balaban J connectivity index is 1.28. The molecule has 37 heavy (non-hydrogen) atoms. The molecule has 2 bridgehead atoms. The molecule has 2 N–H and O–H groups in total. The van der Waals surface area contributed by atoms with Crippen molar-refractivity contribution in [1.29, 1.82) is 5.26 Å². The van der Waals surface area contributed by atoms with E-state index in [0.29, 0.717) is 17.4 Å². The van der Waals surface area contributed by atoms with E-state index in [4.69, 9.17) is 4.98 Å². The number of anilines is 2. The fraction of sp³-hybridized carbons (Fsp3) is 0.385. The van der Waals surface area contributed by atoms with Crippen LogP contribution in [0.5, 0.6) is 0 Å². The predicted molar refractivity (Wildman–Crippen MR) is 142 cm³/mol. The Morgan fingerprint density at radius 3 is 2.73 bits per heavy atom. The van der Waals surface area contributed by atoms with E-state index in [9.17, 15) is 10.1 Å². The van der Waals surface area contributed by atoms with Crippen molar-refractivity contribution < 1.29 is 4.79 Å². The summed E-state index contributed by atoms with van der Waals surface area (Å²) in [6, 6.07) is 10.4. The average molecular weight is 514 g/mol. The van der Waals surface area contributed by atoms with Crippen LogP contribution in [0.1, 0.15) is 32.8 Å². The van der Waals surface area contributed by atoms with Crippen molar-refractivity contribution in [2.45, 2.75) is 39.3 Å². The Morgan fingerprint density at radius 2 is 2.00 bits per heavy atom. The van der Waals surface area contributed by atoms with Crippen LogP contribution >= 0.6 is 11.3 Å². The molecule has 2 saturated heterocycles. The number of fused-ring (bicyclic) bond motifs is 3. The van der Waals surface area contributed by atoms with Crippen molar-refractivity contribution in [3.63, 3.8) is 0 Å². The molecule has 3 fully saturated rings. The van der Waals surface area contributed by atoms with E-state index in [0.717, 1.165) is 57.8 Å². The Bertz CT molecular complexity index is 1520. The zero-order valence-corrected chi connectivity index (χ0v) is 21.7. The normalized spacial score (nSPS) is 20.5. The highest BCUT2D eigenvalue weighted by molar-refractivity contribution is 7.18. The predicted octanol–water partition coefficient (Wildman–Crippen LogP) is 3.57. The van der Waals surface area contributed by atoms with Gasteiger partial charge in [-0.2, -0.15) is 10.4 Å². The van der Waals surface area contributed by atoms with Crippen LogP contribution in [0.4, 0.5) is 10.8 Å². The van der Waals surface area contributed by atoms with E-state index >= 15 is 0 Å². The Morgan fingerprint density at radius 1 is 1.19 bits per heavy atom. The van der Waals surface area contributed by atoms with Gasteiger partial charge in [-0.1, -0.05) is 11.3 Å². The molecule has 1 amide bonds. The summed E-state index contributed by atoms with van der Waals surface area (Å²) in [5.41, 5.74) is 4.81. The first kappa shape index (κ1) is 23.4. The second-order valence-corrected chi connectivity index (χ2v) is 11.1. The van der Waals surface area contributed by atoms with Crippen molar-refractivity contribution in [3.05, 3.63) is 42.2 Å². The van der Waals surface area contributed by atoms with Gasteiger partial charge in [0.1, 0.15) is 6.07 Å². The molecule has 0 radical (unpaired) electrons. The number of nitrogens with zero attached hydrogens (tertiary/aromatic N) is 7. The van der Waals surface area contributed by atoms with Crippen molar-refractivity contribution in [3.8, 4) is 28.0 Å². The standard InChI is InChI=1S/C26H27N9OS/c1-14(2)30-21-8-22(23-5-4-19-6-16(9-27)10-29-35(19)23)28-11-20(21)25-32-33-26(37-25)34-12-17-7-18(13-34)24(17)31-15(3)36/h4-6,8,10-11,14,17-18,24H,7,12-13H2,1-3H3,(H,28,30)(H,31,36)/t17-,18+,24+. The van der Waals surface area contributed by atoms with E-state index in [1.807, 2.05) is 30.5 Å². The lowest BCUT2D eigenvalue weighted by atomic mass is 9.66. The van der Waals surface area contributed by atoms with Crippen molar-refractivity contribution in [1.82, 2.24) is 30.1 Å². The molecule has 2 aliphatic heterocycles. The number of aromatic nitrogens is 5. The molecule has 188 valence electrons. The van der Waals surface area contributed by atoms with Gasteiger partial charge in [-0.15, -0.1) is 10.2 Å². The number of pyridine rings is 1. The number of carbonyl (C=O) groups is 1. The van der Waals surface area contributed by atoms with Gasteiger partial charge in [0, 0.05) is 44.0 Å². The molecule has 1 aliphatic carbocycles. The second kappa shape index (κ2) is 9.12. The Labute approximate surface area is 218 Å². The van der Waals surface area contributed by atoms with Crippen LogP contribution in [0, 0.1) is 23.2 Å². The maximum atomic E-state index is 11.5. The minimum Gasteiger partial charge on any atom is -0.382 e. The zero-order valence-electron chi connectivity index (χ0n) is 20.8. The molecule has 7 rings (SSSR count). The lowest BCUT2D eigenvalue weighted by molar-refractivity contribution is -0.122. The first-order chi connectivity index (χ1) is 17.9. The highest BCUT2D eigenvalue weighted by Crippen LogP contribution is 2.43. The number of carbonyl (C=O) groups excluding carboxylic acids is 1. The highest BCUT2D eigenvalue weighted by Gasteiger charge is 2.47. The maximum Gasteiger partial charge on any atom is 0.217 e. The van der Waals surface area contributed by atoms with Gasteiger partial charge in [-0.3, -0.25) is 9.78 Å². The molecule has 10 nitrogen and oxygen atoms in total. The summed E-state index contributed by atoms with van der Waals surface area (Å²) >= 11 is 1.57. The molecule has 0 aromatic carbocycles. The average Bonchev–Trinajstić information content (AvgIpc) is 3.54. The summed E-state index contributed by atoms with van der Waals surface area (Å²) in [7, 11) is 0. The molecular weight excluding hydrogens is 486 g/mol. The van der Waals surface area contributed by atoms with Gasteiger partial charge in [-0.25, -0.2) is 4.52 Å². The quantitative estimate of drug-likeness (QED) is 0.401. The van der Waals surface area contributed by atoms with Crippen molar-refractivity contribution in [2.24, 2.45) is 11.8 Å². The van der Waals surface area contributed by atoms with E-state index in [1.54, 1.807) is 29.0 Å². The van der Waals surface area contributed by atoms with Gasteiger partial charge in [0.05, 0.1) is 34.2 Å². The van der Waals surface area contributed by atoms with Crippen LogP contribution in [0.25, 0.3) is 27.5 Å². The highest BCUT2D eigenvalue weighted by atomic mass is 32.1. The summed E-state index contributed by atoms with van der Waals surface area (Å²) in [6.45, 7) is 7.54. The van der Waals surface area contributed by atoms with Crippen LogP contribution in [0.15, 0.2) is 36.7 Å². The summed E-state index contributed by atoms with van der Waals surface area (Å²) in [5, 5.41) is 31.0. The third-order valence-corrected chi connectivity index (χ3v) is 8.07. The lowest BCUT2D eigenvalue weighted by Crippen LogP contribution is -2.64. The molecule has 4 aromatic rings. The van der Waals surface area contributed by atoms with E-state index in [-0.39, 0.29) is 18.0 Å². The molecule has 0 spiro atoms. The van der Waals surface area contributed by atoms with Gasteiger partial charge in [0.25, 0.3) is 0 Å². The minimum atomic E-state index is 0.0447. The number of rotatable bonds is 6. The minimum absolute atomic E-state index is 0.0447. The van der Waals surface area contributed by atoms with E-state index in [2.05, 4.69) is 50.7 Å². The number of nitrogens with one attached hydrogen (secondary N) is 2. The molecule has 3 aliphatic rings. The van der Waals surface area contributed by atoms with Crippen LogP contribution in [-0.2, 0) is 4.79 Å². The van der Waals surface area contributed by atoms with E-state index < -0.39 is 0 Å². The summed E-state index contributed by atoms with van der Waals surface area (Å²) in [5.74, 6) is 0.969.